The van der Waals surface area contributed by atoms with Gasteiger partial charge in [0.15, 0.2) is 0 Å². The molecule has 0 aliphatic rings. The van der Waals surface area contributed by atoms with E-state index in [4.69, 9.17) is 9.47 Å². The molecule has 3 aromatic rings. The Bertz CT molecular complexity index is 981. The fourth-order valence-corrected chi connectivity index (χ4v) is 3.05. The first kappa shape index (κ1) is 21.2. The molecule has 0 saturated carbocycles. The summed E-state index contributed by atoms with van der Waals surface area (Å²) in [5, 5.41) is 7.78. The highest BCUT2D eigenvalue weighted by Crippen LogP contribution is 2.25. The van der Waals surface area contributed by atoms with Crippen molar-refractivity contribution in [3.8, 4) is 11.5 Å². The van der Waals surface area contributed by atoms with E-state index in [1.165, 1.54) is 0 Å². The molecule has 0 unspecified atom stereocenters. The van der Waals surface area contributed by atoms with Gasteiger partial charge in [-0.2, -0.15) is 0 Å². The van der Waals surface area contributed by atoms with E-state index in [-0.39, 0.29) is 11.8 Å². The fourth-order valence-electron chi connectivity index (χ4n) is 3.05. The molecule has 0 spiro atoms. The lowest BCUT2D eigenvalue weighted by Gasteiger charge is -2.10. The molecule has 0 atom stereocenters. The van der Waals surface area contributed by atoms with Gasteiger partial charge in [-0.05, 0) is 42.1 Å². The molecule has 0 heterocycles. The Hall–Kier alpha value is -3.54. The minimum atomic E-state index is -0.185. The van der Waals surface area contributed by atoms with Gasteiger partial charge in [-0.15, -0.1) is 0 Å². The molecule has 0 fully saturated rings. The zero-order valence-corrected chi connectivity index (χ0v) is 17.0. The largest absolute Gasteiger partial charge is 0.497 e. The number of hydrogen-bond donors (Lipinski definition) is 2. The van der Waals surface area contributed by atoms with Crippen molar-refractivity contribution in [1.82, 2.24) is 10.6 Å². The first-order chi connectivity index (χ1) is 14.7. The van der Waals surface area contributed by atoms with E-state index in [2.05, 4.69) is 10.6 Å². The van der Waals surface area contributed by atoms with Crippen LogP contribution in [0.3, 0.4) is 0 Å². The van der Waals surface area contributed by atoms with E-state index in [1.807, 2.05) is 42.5 Å². The van der Waals surface area contributed by atoms with E-state index in [0.717, 1.165) is 16.5 Å². The van der Waals surface area contributed by atoms with Gasteiger partial charge in [0.1, 0.15) is 11.5 Å². The second-order valence-electron chi connectivity index (χ2n) is 6.76. The summed E-state index contributed by atoms with van der Waals surface area (Å²) in [6, 6.07) is 20.9. The van der Waals surface area contributed by atoms with Crippen molar-refractivity contribution in [2.75, 3.05) is 26.8 Å². The number of fused-ring (bicyclic) bond motifs is 1. The van der Waals surface area contributed by atoms with Crippen LogP contribution in [0.25, 0.3) is 10.8 Å². The Morgan fingerprint density at radius 3 is 2.40 bits per heavy atom. The number of amides is 2. The topological polar surface area (TPSA) is 76.7 Å². The van der Waals surface area contributed by atoms with Crippen molar-refractivity contribution in [3.63, 3.8) is 0 Å². The Morgan fingerprint density at radius 2 is 1.60 bits per heavy atom. The van der Waals surface area contributed by atoms with E-state index in [9.17, 15) is 9.59 Å². The lowest BCUT2D eigenvalue weighted by molar-refractivity contribution is -0.121. The lowest BCUT2D eigenvalue weighted by Crippen LogP contribution is -2.34. The summed E-state index contributed by atoms with van der Waals surface area (Å²) in [5.74, 6) is 1.28. The predicted octanol–water partition coefficient (Wildman–Crippen LogP) is 3.55. The molecular formula is C24H26N2O4. The molecule has 2 N–H and O–H groups in total. The highest BCUT2D eigenvalue weighted by Gasteiger charge is 2.06. The number of carbonyl (C=O) groups is 2. The van der Waals surface area contributed by atoms with E-state index in [0.29, 0.717) is 43.9 Å². The van der Waals surface area contributed by atoms with Crippen LogP contribution in [-0.2, 0) is 4.79 Å². The second kappa shape index (κ2) is 10.9. The molecular weight excluding hydrogens is 380 g/mol. The van der Waals surface area contributed by atoms with Gasteiger partial charge < -0.3 is 20.1 Å². The normalized spacial score (nSPS) is 10.4. The Morgan fingerprint density at radius 1 is 0.867 bits per heavy atom. The lowest BCUT2D eigenvalue weighted by atomic mass is 10.1. The number of nitrogens with one attached hydrogen (secondary N) is 2. The summed E-state index contributed by atoms with van der Waals surface area (Å²) >= 11 is 0. The van der Waals surface area contributed by atoms with Gasteiger partial charge in [0, 0.05) is 30.5 Å². The molecule has 6 heteroatoms. The van der Waals surface area contributed by atoms with E-state index in [1.54, 1.807) is 31.4 Å². The molecule has 0 bridgehead atoms. The molecule has 0 aliphatic heterocycles. The molecule has 156 valence electrons. The SMILES string of the molecule is COc1ccc(C(=O)NCCNC(=O)CCCOc2cccc3ccccc23)cc1. The third kappa shape index (κ3) is 5.98. The molecule has 0 radical (unpaired) electrons. The number of carbonyl (C=O) groups excluding carboxylic acids is 2. The fraction of sp³-hybridized carbons (Fsp3) is 0.250. The minimum Gasteiger partial charge on any atom is -0.497 e. The summed E-state index contributed by atoms with van der Waals surface area (Å²) in [5.41, 5.74) is 0.549. The average Bonchev–Trinajstić information content (AvgIpc) is 2.79. The van der Waals surface area contributed by atoms with Crippen molar-refractivity contribution < 1.29 is 19.1 Å². The molecule has 0 aromatic heterocycles. The molecule has 6 nitrogen and oxygen atoms in total. The number of benzene rings is 3. The van der Waals surface area contributed by atoms with Gasteiger partial charge >= 0.3 is 0 Å². The van der Waals surface area contributed by atoms with Crippen LogP contribution in [0.2, 0.25) is 0 Å². The van der Waals surface area contributed by atoms with Crippen LogP contribution in [-0.4, -0.2) is 38.6 Å². The summed E-state index contributed by atoms with van der Waals surface area (Å²) < 4.78 is 10.9. The first-order valence-corrected chi connectivity index (χ1v) is 9.97. The van der Waals surface area contributed by atoms with Gasteiger partial charge in [-0.3, -0.25) is 9.59 Å². The molecule has 2 amide bonds. The summed E-state index contributed by atoms with van der Waals surface area (Å²) in [4.78, 5) is 24.0. The molecule has 0 aliphatic carbocycles. The number of ether oxygens (including phenoxy) is 2. The van der Waals surface area contributed by atoms with Crippen molar-refractivity contribution in [3.05, 3.63) is 72.3 Å². The van der Waals surface area contributed by atoms with Gasteiger partial charge in [-0.1, -0.05) is 36.4 Å². The van der Waals surface area contributed by atoms with Crippen LogP contribution in [0.15, 0.2) is 66.7 Å². The summed E-state index contributed by atoms with van der Waals surface area (Å²) in [6.07, 6.45) is 0.991. The summed E-state index contributed by atoms with van der Waals surface area (Å²) in [7, 11) is 1.58. The number of methoxy groups -OCH3 is 1. The van der Waals surface area contributed by atoms with Crippen LogP contribution >= 0.6 is 0 Å². The maximum atomic E-state index is 12.0. The summed E-state index contributed by atoms with van der Waals surface area (Å²) in [6.45, 7) is 1.21. The van der Waals surface area contributed by atoms with Crippen molar-refractivity contribution in [2.24, 2.45) is 0 Å². The third-order valence-corrected chi connectivity index (χ3v) is 4.64. The average molecular weight is 406 g/mol. The molecule has 0 saturated heterocycles. The monoisotopic (exact) mass is 406 g/mol. The standard InChI is InChI=1S/C24H26N2O4/c1-29-20-13-11-19(12-14-20)24(28)26-16-15-25-23(27)10-5-17-30-22-9-4-7-18-6-2-3-8-21(18)22/h2-4,6-9,11-14H,5,10,15-17H2,1H3,(H,25,27)(H,26,28). The molecule has 3 rings (SSSR count). The van der Waals surface area contributed by atoms with Crippen molar-refractivity contribution >= 4 is 22.6 Å². The maximum absolute atomic E-state index is 12.0. The molecule has 30 heavy (non-hydrogen) atoms. The van der Waals surface area contributed by atoms with Crippen molar-refractivity contribution in [2.45, 2.75) is 12.8 Å². The minimum absolute atomic E-state index is 0.0600. The third-order valence-electron chi connectivity index (χ3n) is 4.64. The highest BCUT2D eigenvalue weighted by atomic mass is 16.5. The van der Waals surface area contributed by atoms with Crippen molar-refractivity contribution in [1.29, 1.82) is 0 Å². The van der Waals surface area contributed by atoms with Gasteiger partial charge in [0.05, 0.1) is 13.7 Å². The van der Waals surface area contributed by atoms with Crippen LogP contribution in [0.4, 0.5) is 0 Å². The smallest absolute Gasteiger partial charge is 0.251 e. The van der Waals surface area contributed by atoms with Crippen LogP contribution < -0.4 is 20.1 Å². The quantitative estimate of drug-likeness (QED) is 0.505. The van der Waals surface area contributed by atoms with Crippen LogP contribution in [0, 0.1) is 0 Å². The maximum Gasteiger partial charge on any atom is 0.251 e. The first-order valence-electron chi connectivity index (χ1n) is 9.97. The zero-order valence-electron chi connectivity index (χ0n) is 17.0. The van der Waals surface area contributed by atoms with Gasteiger partial charge in [-0.25, -0.2) is 0 Å². The van der Waals surface area contributed by atoms with E-state index >= 15 is 0 Å². The second-order valence-corrected chi connectivity index (χ2v) is 6.76. The van der Waals surface area contributed by atoms with Crippen LogP contribution in [0.1, 0.15) is 23.2 Å². The molecule has 3 aromatic carbocycles. The van der Waals surface area contributed by atoms with E-state index < -0.39 is 0 Å². The highest BCUT2D eigenvalue weighted by molar-refractivity contribution is 5.94. The van der Waals surface area contributed by atoms with Gasteiger partial charge in [0.2, 0.25) is 5.91 Å². The predicted molar refractivity (Wildman–Crippen MR) is 117 cm³/mol. The Kier molecular flexibility index (Phi) is 7.66. The number of hydrogen-bond acceptors (Lipinski definition) is 4. The Labute approximate surface area is 176 Å². The number of rotatable bonds is 10. The van der Waals surface area contributed by atoms with Crippen LogP contribution in [0.5, 0.6) is 11.5 Å². The Balaban J connectivity index is 1.31. The zero-order chi connectivity index (χ0) is 21.2. The van der Waals surface area contributed by atoms with Gasteiger partial charge in [0.25, 0.3) is 5.91 Å².